The molecule has 2 rings (SSSR count). The SMILES string of the molecule is COc1ccc(N=Nc2ccc(OCCCCCCOC(=O)CC#N)cc2)cc1. The van der Waals surface area contributed by atoms with Gasteiger partial charge in [0.05, 0.1) is 37.8 Å². The number of rotatable bonds is 12. The maximum absolute atomic E-state index is 11.0. The van der Waals surface area contributed by atoms with E-state index >= 15 is 0 Å². The summed E-state index contributed by atoms with van der Waals surface area (Å²) < 4.78 is 15.7. The number of unbranched alkanes of at least 4 members (excludes halogenated alkanes) is 3. The molecule has 0 aromatic heterocycles. The molecule has 0 bridgehead atoms. The molecule has 0 radical (unpaired) electrons. The average molecular weight is 395 g/mol. The van der Waals surface area contributed by atoms with E-state index in [4.69, 9.17) is 19.5 Å². The molecule has 2 aromatic carbocycles. The summed E-state index contributed by atoms with van der Waals surface area (Å²) in [6.07, 6.45) is 3.48. The molecule has 0 aliphatic carbocycles. The zero-order valence-electron chi connectivity index (χ0n) is 16.5. The van der Waals surface area contributed by atoms with Crippen LogP contribution in [0.15, 0.2) is 58.8 Å². The van der Waals surface area contributed by atoms with E-state index in [-0.39, 0.29) is 6.42 Å². The summed E-state index contributed by atoms with van der Waals surface area (Å²) in [6, 6.07) is 16.6. The van der Waals surface area contributed by atoms with Crippen LogP contribution in [0.4, 0.5) is 11.4 Å². The summed E-state index contributed by atoms with van der Waals surface area (Å²) in [5, 5.41) is 16.8. The lowest BCUT2D eigenvalue weighted by atomic mass is 10.2. The smallest absolute Gasteiger partial charge is 0.320 e. The molecule has 0 fully saturated rings. The molecular weight excluding hydrogens is 370 g/mol. The number of azo groups is 1. The number of esters is 1. The van der Waals surface area contributed by atoms with Gasteiger partial charge in [0.1, 0.15) is 17.9 Å². The van der Waals surface area contributed by atoms with Gasteiger partial charge in [0.15, 0.2) is 0 Å². The van der Waals surface area contributed by atoms with Crippen LogP contribution in [-0.4, -0.2) is 26.3 Å². The van der Waals surface area contributed by atoms with Crippen molar-refractivity contribution in [3.8, 4) is 17.6 Å². The number of hydrogen-bond donors (Lipinski definition) is 0. The maximum Gasteiger partial charge on any atom is 0.320 e. The Morgan fingerprint density at radius 2 is 1.41 bits per heavy atom. The summed E-state index contributed by atoms with van der Waals surface area (Å²) in [5.74, 6) is 1.12. The van der Waals surface area contributed by atoms with E-state index in [1.54, 1.807) is 13.2 Å². The molecule has 0 unspecified atom stereocenters. The highest BCUT2D eigenvalue weighted by atomic mass is 16.5. The fraction of sp³-hybridized carbons (Fsp3) is 0.364. The Balaban J connectivity index is 1.60. The van der Waals surface area contributed by atoms with Crippen molar-refractivity contribution in [2.75, 3.05) is 20.3 Å². The molecule has 0 aliphatic rings. The molecule has 0 saturated heterocycles. The lowest BCUT2D eigenvalue weighted by Crippen LogP contribution is -2.04. The number of nitrogens with zero attached hydrogens (tertiary/aromatic N) is 3. The highest BCUT2D eigenvalue weighted by Gasteiger charge is 2.00. The first-order valence-corrected chi connectivity index (χ1v) is 9.52. The van der Waals surface area contributed by atoms with Gasteiger partial charge in [-0.15, -0.1) is 0 Å². The van der Waals surface area contributed by atoms with E-state index in [1.807, 2.05) is 48.5 Å². The number of carbonyl (C=O) groups is 1. The molecule has 152 valence electrons. The minimum atomic E-state index is -0.456. The number of nitriles is 1. The molecule has 0 aliphatic heterocycles. The molecule has 0 atom stereocenters. The van der Waals surface area contributed by atoms with Crippen LogP contribution in [-0.2, 0) is 9.53 Å². The summed E-state index contributed by atoms with van der Waals surface area (Å²) in [6.45, 7) is 0.995. The standard InChI is InChI=1S/C22H25N3O4/c1-27-20-10-6-18(7-11-20)24-25-19-8-12-21(13-9-19)28-16-4-2-3-5-17-29-22(26)14-15-23/h6-13H,2-5,14,16-17H2,1H3. The highest BCUT2D eigenvalue weighted by molar-refractivity contribution is 5.71. The lowest BCUT2D eigenvalue weighted by molar-refractivity contribution is -0.142. The van der Waals surface area contributed by atoms with Crippen molar-refractivity contribution >= 4 is 17.3 Å². The Bertz CT molecular complexity index is 811. The van der Waals surface area contributed by atoms with Gasteiger partial charge in [-0.05, 0) is 74.2 Å². The second kappa shape index (κ2) is 12.9. The Labute approximate surface area is 170 Å². The first-order valence-electron chi connectivity index (χ1n) is 9.52. The molecule has 29 heavy (non-hydrogen) atoms. The molecule has 0 saturated carbocycles. The first-order chi connectivity index (χ1) is 14.2. The number of hydrogen-bond acceptors (Lipinski definition) is 7. The molecule has 0 spiro atoms. The van der Waals surface area contributed by atoms with E-state index in [0.29, 0.717) is 13.2 Å². The molecule has 7 nitrogen and oxygen atoms in total. The van der Waals surface area contributed by atoms with Crippen LogP contribution >= 0.6 is 0 Å². The van der Waals surface area contributed by atoms with E-state index < -0.39 is 5.97 Å². The van der Waals surface area contributed by atoms with Crippen LogP contribution in [0.3, 0.4) is 0 Å². The van der Waals surface area contributed by atoms with E-state index in [2.05, 4.69) is 10.2 Å². The second-order valence-electron chi connectivity index (χ2n) is 6.21. The Kier molecular flexibility index (Phi) is 9.73. The normalized spacial score (nSPS) is 10.5. The molecule has 0 amide bonds. The van der Waals surface area contributed by atoms with Crippen LogP contribution in [0.1, 0.15) is 32.1 Å². The number of carbonyl (C=O) groups excluding carboxylic acids is 1. The van der Waals surface area contributed by atoms with Crippen molar-refractivity contribution in [1.29, 1.82) is 5.26 Å². The van der Waals surface area contributed by atoms with Gasteiger partial charge in [0.2, 0.25) is 0 Å². The third-order valence-electron chi connectivity index (χ3n) is 3.98. The van der Waals surface area contributed by atoms with Crippen LogP contribution in [0.2, 0.25) is 0 Å². The Morgan fingerprint density at radius 3 is 1.97 bits per heavy atom. The minimum Gasteiger partial charge on any atom is -0.497 e. The van der Waals surface area contributed by atoms with Crippen LogP contribution in [0, 0.1) is 11.3 Å². The van der Waals surface area contributed by atoms with Gasteiger partial charge in [-0.1, -0.05) is 0 Å². The van der Waals surface area contributed by atoms with Crippen LogP contribution in [0.25, 0.3) is 0 Å². The van der Waals surface area contributed by atoms with Gasteiger partial charge in [0, 0.05) is 0 Å². The molecule has 0 N–H and O–H groups in total. The zero-order chi connectivity index (χ0) is 20.7. The predicted molar refractivity (Wildman–Crippen MR) is 109 cm³/mol. The van der Waals surface area contributed by atoms with Gasteiger partial charge in [-0.25, -0.2) is 0 Å². The Morgan fingerprint density at radius 1 is 0.862 bits per heavy atom. The zero-order valence-corrected chi connectivity index (χ0v) is 16.5. The number of methoxy groups -OCH3 is 1. The third-order valence-corrected chi connectivity index (χ3v) is 3.98. The van der Waals surface area contributed by atoms with Gasteiger partial charge in [-0.3, -0.25) is 4.79 Å². The lowest BCUT2D eigenvalue weighted by Gasteiger charge is -2.06. The fourth-order valence-corrected chi connectivity index (χ4v) is 2.42. The molecule has 7 heteroatoms. The van der Waals surface area contributed by atoms with Crippen molar-refractivity contribution < 1.29 is 19.0 Å². The van der Waals surface area contributed by atoms with Crippen molar-refractivity contribution in [2.45, 2.75) is 32.1 Å². The number of benzene rings is 2. The third kappa shape index (κ3) is 8.89. The Hall–Kier alpha value is -3.40. The second-order valence-corrected chi connectivity index (χ2v) is 6.21. The van der Waals surface area contributed by atoms with Crippen molar-refractivity contribution in [3.05, 3.63) is 48.5 Å². The largest absolute Gasteiger partial charge is 0.497 e. The first kappa shape index (κ1) is 21.9. The topological polar surface area (TPSA) is 93.3 Å². The van der Waals surface area contributed by atoms with E-state index in [9.17, 15) is 4.79 Å². The van der Waals surface area contributed by atoms with Gasteiger partial charge in [0.25, 0.3) is 0 Å². The molecule has 2 aromatic rings. The average Bonchev–Trinajstić information content (AvgIpc) is 2.75. The van der Waals surface area contributed by atoms with Gasteiger partial charge < -0.3 is 14.2 Å². The van der Waals surface area contributed by atoms with E-state index in [1.165, 1.54) is 0 Å². The quantitative estimate of drug-likeness (QED) is 0.268. The molecular formula is C22H25N3O4. The highest BCUT2D eigenvalue weighted by Crippen LogP contribution is 2.23. The van der Waals surface area contributed by atoms with Crippen molar-refractivity contribution in [2.24, 2.45) is 10.2 Å². The van der Waals surface area contributed by atoms with Crippen molar-refractivity contribution in [3.63, 3.8) is 0 Å². The van der Waals surface area contributed by atoms with Gasteiger partial charge in [-0.2, -0.15) is 15.5 Å². The summed E-state index contributed by atoms with van der Waals surface area (Å²) in [4.78, 5) is 11.0. The summed E-state index contributed by atoms with van der Waals surface area (Å²) in [7, 11) is 1.62. The minimum absolute atomic E-state index is 0.185. The summed E-state index contributed by atoms with van der Waals surface area (Å²) >= 11 is 0. The van der Waals surface area contributed by atoms with E-state index in [0.717, 1.165) is 48.6 Å². The van der Waals surface area contributed by atoms with Crippen LogP contribution in [0.5, 0.6) is 11.5 Å². The molecule has 0 heterocycles. The number of ether oxygens (including phenoxy) is 3. The van der Waals surface area contributed by atoms with Crippen molar-refractivity contribution in [1.82, 2.24) is 0 Å². The van der Waals surface area contributed by atoms with Gasteiger partial charge >= 0.3 is 5.97 Å². The summed E-state index contributed by atoms with van der Waals surface area (Å²) in [5.41, 5.74) is 1.50. The predicted octanol–water partition coefficient (Wildman–Crippen LogP) is 5.51. The maximum atomic E-state index is 11.0. The van der Waals surface area contributed by atoms with Crippen LogP contribution < -0.4 is 9.47 Å². The monoisotopic (exact) mass is 395 g/mol. The fourth-order valence-electron chi connectivity index (χ4n) is 2.42.